The van der Waals surface area contributed by atoms with Crippen LogP contribution in [0.5, 0.6) is 0 Å². The molecule has 1 aromatic carbocycles. The van der Waals surface area contributed by atoms with E-state index in [1.54, 1.807) is 0 Å². The van der Waals surface area contributed by atoms with Crippen molar-refractivity contribution in [2.45, 2.75) is 39.2 Å². The quantitative estimate of drug-likeness (QED) is 0.608. The Morgan fingerprint density at radius 3 is 2.59 bits per heavy atom. The topological polar surface area (TPSA) is 75.6 Å². The van der Waals surface area contributed by atoms with Gasteiger partial charge in [-0.2, -0.15) is 4.98 Å². The molecule has 1 unspecified atom stereocenters. The van der Waals surface area contributed by atoms with Crippen molar-refractivity contribution in [1.29, 1.82) is 0 Å². The number of carbonyl (C=O) groups excluding carboxylic acids is 1. The number of hydrogen-bond acceptors (Lipinski definition) is 3. The van der Waals surface area contributed by atoms with Gasteiger partial charge >= 0.3 is 0 Å². The minimum absolute atomic E-state index is 0.0174. The van der Waals surface area contributed by atoms with Gasteiger partial charge in [0.25, 0.3) is 0 Å². The maximum atomic E-state index is 12.6. The van der Waals surface area contributed by atoms with Crippen LogP contribution in [0.15, 0.2) is 48.8 Å². The monoisotopic (exact) mass is 385 g/mol. The maximum absolute atomic E-state index is 12.6. The van der Waals surface area contributed by atoms with E-state index in [1.165, 1.54) is 0 Å². The summed E-state index contributed by atoms with van der Waals surface area (Å²) in [6.07, 6.45) is 5.11. The fourth-order valence-corrected chi connectivity index (χ4v) is 3.12. The Morgan fingerprint density at radius 1 is 1.22 bits per heavy atom. The first-order valence-electron chi connectivity index (χ1n) is 9.07. The predicted molar refractivity (Wildman–Crippen MR) is 107 cm³/mol. The van der Waals surface area contributed by atoms with E-state index in [1.807, 2.05) is 48.8 Å². The van der Waals surface area contributed by atoms with Gasteiger partial charge in [-0.3, -0.25) is 15.2 Å². The molecule has 0 bridgehead atoms. The second-order valence-electron chi connectivity index (χ2n) is 7.08. The summed E-state index contributed by atoms with van der Waals surface area (Å²) in [6, 6.07) is 11.6. The molecular formula is C20H24ClN5O. The zero-order valence-corrected chi connectivity index (χ0v) is 16.3. The third kappa shape index (κ3) is 5.69. The summed E-state index contributed by atoms with van der Waals surface area (Å²) < 4.78 is 2.07. The number of nitrogens with zero attached hydrogens (tertiary/aromatic N) is 3. The van der Waals surface area contributed by atoms with Gasteiger partial charge in [-0.05, 0) is 35.7 Å². The molecule has 6 nitrogen and oxygen atoms in total. The lowest BCUT2D eigenvalue weighted by Gasteiger charge is -2.18. The number of carbonyl (C=O) groups is 1. The molecule has 0 aliphatic rings. The zero-order chi connectivity index (χ0) is 19.2. The first-order chi connectivity index (χ1) is 13.0. The van der Waals surface area contributed by atoms with Crippen molar-refractivity contribution in [2.24, 2.45) is 5.92 Å². The van der Waals surface area contributed by atoms with E-state index in [4.69, 9.17) is 11.6 Å². The first kappa shape index (κ1) is 19.2. The molecule has 0 fully saturated rings. The first-order valence-corrected chi connectivity index (χ1v) is 9.44. The van der Waals surface area contributed by atoms with Crippen molar-refractivity contribution in [1.82, 2.24) is 19.7 Å². The molecule has 3 aromatic rings. The largest absolute Gasteiger partial charge is 0.354 e. The molecule has 2 heterocycles. The Balaban J connectivity index is 1.68. The lowest BCUT2D eigenvalue weighted by molar-refractivity contribution is -0.116. The van der Waals surface area contributed by atoms with Crippen molar-refractivity contribution < 1.29 is 4.79 Å². The van der Waals surface area contributed by atoms with Gasteiger partial charge in [0.2, 0.25) is 11.9 Å². The number of halogens is 1. The van der Waals surface area contributed by atoms with Crippen LogP contribution in [-0.2, 0) is 17.8 Å². The number of anilines is 1. The normalized spacial score (nSPS) is 12.3. The standard InChI is InChI=1S/C20H24ClN5O/c1-14(2)11-18-22-20(25-24-18)23-19(27)12-16(13-26-9-3-4-10-26)15-5-7-17(21)8-6-15/h3-10,14,16H,11-13H2,1-2H3,(H2,22,23,24,25,27). The summed E-state index contributed by atoms with van der Waals surface area (Å²) in [5.74, 6) is 1.48. The molecule has 0 saturated heterocycles. The Hall–Kier alpha value is -2.60. The third-order valence-corrected chi connectivity index (χ3v) is 4.51. The highest BCUT2D eigenvalue weighted by Gasteiger charge is 2.18. The van der Waals surface area contributed by atoms with Gasteiger partial charge in [-0.15, -0.1) is 5.10 Å². The summed E-state index contributed by atoms with van der Waals surface area (Å²) in [5, 5.41) is 10.4. The smallest absolute Gasteiger partial charge is 0.248 e. The van der Waals surface area contributed by atoms with Crippen LogP contribution in [0.2, 0.25) is 5.02 Å². The van der Waals surface area contributed by atoms with Gasteiger partial charge in [0.05, 0.1) is 0 Å². The lowest BCUT2D eigenvalue weighted by Crippen LogP contribution is -2.19. The molecule has 27 heavy (non-hydrogen) atoms. The van der Waals surface area contributed by atoms with Gasteiger partial charge in [0.15, 0.2) is 0 Å². The molecule has 0 aliphatic carbocycles. The van der Waals surface area contributed by atoms with Gasteiger partial charge in [-0.1, -0.05) is 37.6 Å². The molecule has 0 saturated carbocycles. The number of amides is 1. The number of H-pyrrole nitrogens is 1. The van der Waals surface area contributed by atoms with Crippen LogP contribution in [0.3, 0.4) is 0 Å². The zero-order valence-electron chi connectivity index (χ0n) is 15.5. The SMILES string of the molecule is CC(C)Cc1nc(NC(=O)CC(Cn2cccc2)c2ccc(Cl)cc2)n[nH]1. The summed E-state index contributed by atoms with van der Waals surface area (Å²) in [7, 11) is 0. The molecule has 3 rings (SSSR count). The van der Waals surface area contributed by atoms with E-state index < -0.39 is 0 Å². The number of aromatic nitrogens is 4. The number of aromatic amines is 1. The maximum Gasteiger partial charge on any atom is 0.248 e. The van der Waals surface area contributed by atoms with Gasteiger partial charge in [0, 0.05) is 42.7 Å². The Kier molecular flexibility index (Phi) is 6.29. The molecule has 7 heteroatoms. The van der Waals surface area contributed by atoms with Crippen molar-refractivity contribution in [3.63, 3.8) is 0 Å². The Labute approximate surface area is 164 Å². The molecule has 2 aromatic heterocycles. The molecule has 1 amide bonds. The second-order valence-corrected chi connectivity index (χ2v) is 7.52. The van der Waals surface area contributed by atoms with Crippen LogP contribution in [0.25, 0.3) is 0 Å². The summed E-state index contributed by atoms with van der Waals surface area (Å²) >= 11 is 6.01. The molecule has 0 radical (unpaired) electrons. The van der Waals surface area contributed by atoms with Crippen LogP contribution in [0, 0.1) is 5.92 Å². The van der Waals surface area contributed by atoms with Crippen LogP contribution in [0.1, 0.15) is 37.6 Å². The molecule has 142 valence electrons. The number of hydrogen-bond donors (Lipinski definition) is 2. The van der Waals surface area contributed by atoms with E-state index in [9.17, 15) is 4.79 Å². The Bertz CT molecular complexity index is 855. The van der Waals surface area contributed by atoms with E-state index in [0.29, 0.717) is 29.9 Å². The molecular weight excluding hydrogens is 362 g/mol. The van der Waals surface area contributed by atoms with E-state index in [0.717, 1.165) is 17.8 Å². The highest BCUT2D eigenvalue weighted by atomic mass is 35.5. The van der Waals surface area contributed by atoms with Crippen LogP contribution in [-0.4, -0.2) is 25.7 Å². The number of rotatable bonds is 8. The predicted octanol–water partition coefficient (Wildman–Crippen LogP) is 4.27. The van der Waals surface area contributed by atoms with Crippen molar-refractivity contribution in [3.05, 3.63) is 65.2 Å². The molecule has 0 aliphatic heterocycles. The van der Waals surface area contributed by atoms with E-state index in [2.05, 4.69) is 38.9 Å². The highest BCUT2D eigenvalue weighted by molar-refractivity contribution is 6.30. The Morgan fingerprint density at radius 2 is 1.93 bits per heavy atom. The summed E-state index contributed by atoms with van der Waals surface area (Å²) in [4.78, 5) is 16.9. The highest BCUT2D eigenvalue weighted by Crippen LogP contribution is 2.24. The van der Waals surface area contributed by atoms with Crippen molar-refractivity contribution in [2.75, 3.05) is 5.32 Å². The minimum atomic E-state index is -0.114. The van der Waals surface area contributed by atoms with Crippen LogP contribution in [0.4, 0.5) is 5.95 Å². The summed E-state index contributed by atoms with van der Waals surface area (Å²) in [6.45, 7) is 4.92. The average molecular weight is 386 g/mol. The van der Waals surface area contributed by atoms with E-state index in [-0.39, 0.29) is 11.8 Å². The number of nitrogens with one attached hydrogen (secondary N) is 2. The van der Waals surface area contributed by atoms with Gasteiger partial charge in [0.1, 0.15) is 5.82 Å². The van der Waals surface area contributed by atoms with Crippen molar-refractivity contribution in [3.8, 4) is 0 Å². The third-order valence-electron chi connectivity index (χ3n) is 4.26. The van der Waals surface area contributed by atoms with Gasteiger partial charge in [-0.25, -0.2) is 0 Å². The average Bonchev–Trinajstić information content (AvgIpc) is 3.26. The van der Waals surface area contributed by atoms with Crippen LogP contribution < -0.4 is 5.32 Å². The molecule has 1 atom stereocenters. The van der Waals surface area contributed by atoms with Gasteiger partial charge < -0.3 is 4.57 Å². The van der Waals surface area contributed by atoms with Crippen molar-refractivity contribution >= 4 is 23.5 Å². The van der Waals surface area contributed by atoms with E-state index >= 15 is 0 Å². The summed E-state index contributed by atoms with van der Waals surface area (Å²) in [5.41, 5.74) is 1.07. The molecule has 0 spiro atoms. The second kappa shape index (κ2) is 8.86. The fourth-order valence-electron chi connectivity index (χ4n) is 3.00. The molecule has 2 N–H and O–H groups in total. The minimum Gasteiger partial charge on any atom is -0.354 e. The van der Waals surface area contributed by atoms with Crippen LogP contribution >= 0.6 is 11.6 Å². The lowest BCUT2D eigenvalue weighted by atomic mass is 9.95. The fraction of sp³-hybridized carbons (Fsp3) is 0.350. The number of benzene rings is 1.